The molecule has 0 spiro atoms. The number of aromatic nitrogens is 1. The Balaban J connectivity index is 1.97. The fraction of sp³-hybridized carbons (Fsp3) is 0.154. The van der Waals surface area contributed by atoms with E-state index in [1.807, 2.05) is 40.9 Å². The van der Waals surface area contributed by atoms with Gasteiger partial charge < -0.3 is 9.69 Å². The van der Waals surface area contributed by atoms with Crippen molar-refractivity contribution in [2.24, 2.45) is 4.99 Å². The largest absolute Gasteiger partial charge is 0.323 e. The first-order chi connectivity index (χ1) is 9.29. The molecule has 0 aliphatic carbocycles. The Morgan fingerprint density at radius 1 is 1.42 bits per heavy atom. The minimum Gasteiger partial charge on any atom is -0.323 e. The van der Waals surface area contributed by atoms with E-state index in [-0.39, 0.29) is 0 Å². The number of carbonyl (C=O) groups excluding carboxylic acids is 1. The molecule has 1 atom stereocenters. The van der Waals surface area contributed by atoms with Gasteiger partial charge in [-0.2, -0.15) is 11.3 Å². The quantitative estimate of drug-likeness (QED) is 0.797. The smallest absolute Gasteiger partial charge is 0.170 e. The summed E-state index contributed by atoms with van der Waals surface area (Å²) in [5.41, 5.74) is 1.95. The van der Waals surface area contributed by atoms with Crippen LogP contribution in [0.2, 0.25) is 0 Å². The normalized spacial score (nSPS) is 17.5. The number of aldehydes is 1. The molecule has 6 heteroatoms. The molecule has 3 heterocycles. The van der Waals surface area contributed by atoms with Crippen molar-refractivity contribution in [3.8, 4) is 0 Å². The first kappa shape index (κ1) is 12.4. The van der Waals surface area contributed by atoms with Gasteiger partial charge in [-0.15, -0.1) is 0 Å². The van der Waals surface area contributed by atoms with Crippen LogP contribution in [0, 0.1) is 0 Å². The third-order valence-electron chi connectivity index (χ3n) is 2.87. The summed E-state index contributed by atoms with van der Waals surface area (Å²) in [4.78, 5) is 22.0. The first-order valence-corrected chi connectivity index (χ1v) is 7.47. The van der Waals surface area contributed by atoms with Crippen LogP contribution in [0.4, 0.5) is 5.69 Å². The number of carbonyl (C=O) groups is 1. The fourth-order valence-corrected chi connectivity index (χ4v) is 3.51. The van der Waals surface area contributed by atoms with E-state index >= 15 is 0 Å². The van der Waals surface area contributed by atoms with E-state index in [0.717, 1.165) is 27.7 Å². The van der Waals surface area contributed by atoms with Gasteiger partial charge in [0.25, 0.3) is 0 Å². The van der Waals surface area contributed by atoms with Crippen molar-refractivity contribution < 1.29 is 4.79 Å². The molecule has 0 saturated heterocycles. The fourth-order valence-electron chi connectivity index (χ4n) is 1.83. The topological polar surface area (TPSA) is 45.6 Å². The van der Waals surface area contributed by atoms with Crippen LogP contribution in [0.1, 0.15) is 11.6 Å². The van der Waals surface area contributed by atoms with Crippen molar-refractivity contribution in [1.82, 2.24) is 4.98 Å². The lowest BCUT2D eigenvalue weighted by Gasteiger charge is -2.25. The van der Waals surface area contributed by atoms with Gasteiger partial charge >= 0.3 is 0 Å². The predicted molar refractivity (Wildman–Crippen MR) is 79.1 cm³/mol. The van der Waals surface area contributed by atoms with E-state index in [1.165, 1.54) is 11.8 Å². The van der Waals surface area contributed by atoms with E-state index in [2.05, 4.69) is 9.98 Å². The highest BCUT2D eigenvalue weighted by Gasteiger charge is 2.25. The van der Waals surface area contributed by atoms with Crippen molar-refractivity contribution in [1.29, 1.82) is 0 Å². The van der Waals surface area contributed by atoms with Gasteiger partial charge in [-0.1, -0.05) is 6.07 Å². The van der Waals surface area contributed by atoms with Crippen LogP contribution in [0.5, 0.6) is 0 Å². The maximum atomic E-state index is 11.2. The molecule has 0 bridgehead atoms. The minimum absolute atomic E-state index is 0.457. The standard InChI is InChI=1S/C13H11N3OS2/c1-16(9-4-6-18-8-9)13-15-11(7-17)10-3-2-5-14-12(10)19-13/h2-8,11H,1H3. The lowest BCUT2D eigenvalue weighted by atomic mass is 10.1. The second kappa shape index (κ2) is 5.14. The molecule has 1 aliphatic rings. The monoisotopic (exact) mass is 289 g/mol. The molecule has 0 N–H and O–H groups in total. The van der Waals surface area contributed by atoms with E-state index in [4.69, 9.17) is 0 Å². The van der Waals surface area contributed by atoms with Gasteiger partial charge in [-0.05, 0) is 29.3 Å². The van der Waals surface area contributed by atoms with Crippen LogP contribution in [0.25, 0.3) is 0 Å². The Morgan fingerprint density at radius 3 is 3.05 bits per heavy atom. The number of hydrogen-bond acceptors (Lipinski definition) is 6. The number of hydrogen-bond donors (Lipinski definition) is 0. The molecule has 2 aromatic rings. The second-order valence-electron chi connectivity index (χ2n) is 4.03. The summed E-state index contributed by atoms with van der Waals surface area (Å²) in [5, 5.41) is 5.71. The van der Waals surface area contributed by atoms with Gasteiger partial charge in [0, 0.05) is 24.2 Å². The summed E-state index contributed by atoms with van der Waals surface area (Å²) < 4.78 is 0. The van der Waals surface area contributed by atoms with Gasteiger partial charge in [0.1, 0.15) is 17.4 Å². The maximum Gasteiger partial charge on any atom is 0.170 e. The van der Waals surface area contributed by atoms with Crippen LogP contribution in [0.15, 0.2) is 45.2 Å². The summed E-state index contributed by atoms with van der Waals surface area (Å²) in [6.45, 7) is 0. The lowest BCUT2D eigenvalue weighted by Crippen LogP contribution is -2.26. The summed E-state index contributed by atoms with van der Waals surface area (Å²) in [6.07, 6.45) is 2.60. The van der Waals surface area contributed by atoms with Crippen LogP contribution in [0.3, 0.4) is 0 Å². The SMILES string of the molecule is CN(C1=NC(C=O)c2cccnc2S1)c1ccsc1. The van der Waals surface area contributed by atoms with Crippen LogP contribution < -0.4 is 4.90 Å². The third-order valence-corrected chi connectivity index (χ3v) is 4.63. The highest BCUT2D eigenvalue weighted by Crippen LogP contribution is 2.35. The molecule has 0 amide bonds. The van der Waals surface area contributed by atoms with E-state index < -0.39 is 6.04 Å². The molecule has 0 fully saturated rings. The highest BCUT2D eigenvalue weighted by molar-refractivity contribution is 8.14. The number of amidine groups is 1. The molecule has 4 nitrogen and oxygen atoms in total. The predicted octanol–water partition coefficient (Wildman–Crippen LogP) is 2.98. The zero-order valence-corrected chi connectivity index (χ0v) is 11.8. The average molecular weight is 289 g/mol. The number of rotatable bonds is 2. The molecule has 1 unspecified atom stereocenters. The number of thiophene rings is 1. The molecule has 96 valence electrons. The van der Waals surface area contributed by atoms with Crippen LogP contribution in [-0.2, 0) is 4.79 Å². The molecule has 0 saturated carbocycles. The van der Waals surface area contributed by atoms with Gasteiger partial charge in [0.05, 0.1) is 5.69 Å². The van der Waals surface area contributed by atoms with Gasteiger partial charge in [0.2, 0.25) is 0 Å². The van der Waals surface area contributed by atoms with Gasteiger partial charge in [-0.3, -0.25) is 0 Å². The van der Waals surface area contributed by atoms with E-state index in [0.29, 0.717) is 0 Å². The Hall–Kier alpha value is -1.66. The van der Waals surface area contributed by atoms with Crippen molar-refractivity contribution in [2.75, 3.05) is 11.9 Å². The van der Waals surface area contributed by atoms with E-state index in [1.54, 1.807) is 17.5 Å². The third kappa shape index (κ3) is 2.29. The highest BCUT2D eigenvalue weighted by atomic mass is 32.2. The second-order valence-corrected chi connectivity index (χ2v) is 5.77. The molecule has 2 aromatic heterocycles. The molecule has 3 rings (SSSR count). The number of fused-ring (bicyclic) bond motifs is 1. The van der Waals surface area contributed by atoms with Crippen molar-refractivity contribution in [2.45, 2.75) is 11.1 Å². The number of pyridine rings is 1. The van der Waals surface area contributed by atoms with Crippen molar-refractivity contribution >= 4 is 40.2 Å². The van der Waals surface area contributed by atoms with E-state index in [9.17, 15) is 4.79 Å². The van der Waals surface area contributed by atoms with Gasteiger partial charge in [-0.25, -0.2) is 9.98 Å². The summed E-state index contributed by atoms with van der Waals surface area (Å²) >= 11 is 3.13. The minimum atomic E-state index is -0.457. The Labute approximate surface area is 119 Å². The number of nitrogens with zero attached hydrogens (tertiary/aromatic N) is 3. The Bertz CT molecular complexity index is 625. The van der Waals surface area contributed by atoms with Crippen molar-refractivity contribution in [3.05, 3.63) is 40.7 Å². The first-order valence-electron chi connectivity index (χ1n) is 5.71. The molecule has 0 aromatic carbocycles. The molecule has 1 aliphatic heterocycles. The molecule has 0 radical (unpaired) electrons. The lowest BCUT2D eigenvalue weighted by molar-refractivity contribution is -0.109. The zero-order chi connectivity index (χ0) is 13.2. The van der Waals surface area contributed by atoms with Crippen LogP contribution >= 0.6 is 23.1 Å². The maximum absolute atomic E-state index is 11.2. The summed E-state index contributed by atoms with van der Waals surface area (Å²) in [6, 6.07) is 5.30. The summed E-state index contributed by atoms with van der Waals surface area (Å²) in [7, 11) is 1.95. The van der Waals surface area contributed by atoms with Gasteiger partial charge in [0.15, 0.2) is 5.17 Å². The number of thioether (sulfide) groups is 1. The molecular weight excluding hydrogens is 278 g/mol. The number of anilines is 1. The zero-order valence-electron chi connectivity index (χ0n) is 10.2. The van der Waals surface area contributed by atoms with Crippen molar-refractivity contribution in [3.63, 3.8) is 0 Å². The Kier molecular flexibility index (Phi) is 3.35. The number of aliphatic imine (C=N–C) groups is 1. The average Bonchev–Trinajstić information content (AvgIpc) is 2.99. The summed E-state index contributed by atoms with van der Waals surface area (Å²) in [5.74, 6) is 0. The Morgan fingerprint density at radius 2 is 2.32 bits per heavy atom. The molecular formula is C13H11N3OS2. The van der Waals surface area contributed by atoms with Crippen LogP contribution in [-0.4, -0.2) is 23.5 Å². The molecule has 19 heavy (non-hydrogen) atoms.